The van der Waals surface area contributed by atoms with Gasteiger partial charge in [0.15, 0.2) is 0 Å². The molecule has 1 aromatic heterocycles. The Morgan fingerprint density at radius 2 is 2.21 bits per heavy atom. The number of pyridine rings is 1. The monoisotopic (exact) mass is 259 g/mol. The normalized spacial score (nSPS) is 10.6. The average Bonchev–Trinajstić information content (AvgIpc) is 2.43. The SMILES string of the molecule is CCNCCOc1c(C(N)=O)cnc2ccccc12. The molecule has 0 aliphatic carbocycles. The number of benzene rings is 1. The number of para-hydroxylation sites is 1. The molecule has 0 saturated heterocycles. The fourth-order valence-corrected chi connectivity index (χ4v) is 1.85. The lowest BCUT2D eigenvalue weighted by Gasteiger charge is -2.12. The maximum absolute atomic E-state index is 11.4. The van der Waals surface area contributed by atoms with Gasteiger partial charge in [-0.15, -0.1) is 0 Å². The average molecular weight is 259 g/mol. The van der Waals surface area contributed by atoms with Crippen molar-refractivity contribution in [3.8, 4) is 5.75 Å². The molecule has 19 heavy (non-hydrogen) atoms. The van der Waals surface area contributed by atoms with Crippen LogP contribution in [0.5, 0.6) is 5.75 Å². The Morgan fingerprint density at radius 1 is 1.42 bits per heavy atom. The predicted octanol–water partition coefficient (Wildman–Crippen LogP) is 1.32. The Kier molecular flexibility index (Phi) is 4.30. The highest BCUT2D eigenvalue weighted by Crippen LogP contribution is 2.27. The molecule has 2 rings (SSSR count). The molecule has 0 fully saturated rings. The number of aromatic nitrogens is 1. The first-order valence-electron chi connectivity index (χ1n) is 6.25. The van der Waals surface area contributed by atoms with Crippen molar-refractivity contribution in [1.82, 2.24) is 10.3 Å². The second-order valence-electron chi connectivity index (χ2n) is 4.08. The van der Waals surface area contributed by atoms with Crippen molar-refractivity contribution in [2.75, 3.05) is 19.7 Å². The summed E-state index contributed by atoms with van der Waals surface area (Å²) >= 11 is 0. The van der Waals surface area contributed by atoms with Crippen LogP contribution in [0.4, 0.5) is 0 Å². The molecule has 100 valence electrons. The number of hydrogen-bond acceptors (Lipinski definition) is 4. The number of carbonyl (C=O) groups is 1. The van der Waals surface area contributed by atoms with Gasteiger partial charge in [-0.2, -0.15) is 0 Å². The molecule has 0 aliphatic heterocycles. The number of rotatable bonds is 6. The van der Waals surface area contributed by atoms with E-state index in [-0.39, 0.29) is 0 Å². The lowest BCUT2D eigenvalue weighted by atomic mass is 10.1. The van der Waals surface area contributed by atoms with Crippen LogP contribution >= 0.6 is 0 Å². The highest BCUT2D eigenvalue weighted by molar-refractivity contribution is 6.01. The lowest BCUT2D eigenvalue weighted by Crippen LogP contribution is -2.21. The molecular formula is C14H17N3O2. The third-order valence-corrected chi connectivity index (χ3v) is 2.77. The van der Waals surface area contributed by atoms with Crippen LogP contribution in [0.1, 0.15) is 17.3 Å². The number of primary amides is 1. The highest BCUT2D eigenvalue weighted by Gasteiger charge is 2.14. The second-order valence-corrected chi connectivity index (χ2v) is 4.08. The van der Waals surface area contributed by atoms with E-state index in [0.29, 0.717) is 24.5 Å². The number of hydrogen-bond donors (Lipinski definition) is 2. The molecule has 0 atom stereocenters. The Labute approximate surface area is 111 Å². The van der Waals surface area contributed by atoms with Crippen LogP contribution in [0, 0.1) is 0 Å². The molecule has 3 N–H and O–H groups in total. The zero-order valence-corrected chi connectivity index (χ0v) is 10.8. The molecule has 1 amide bonds. The smallest absolute Gasteiger partial charge is 0.254 e. The summed E-state index contributed by atoms with van der Waals surface area (Å²) in [6, 6.07) is 7.52. The number of amides is 1. The van der Waals surface area contributed by atoms with E-state index in [1.165, 1.54) is 6.20 Å². The highest BCUT2D eigenvalue weighted by atomic mass is 16.5. The van der Waals surface area contributed by atoms with Crippen molar-refractivity contribution in [2.24, 2.45) is 5.73 Å². The maximum Gasteiger partial charge on any atom is 0.254 e. The number of ether oxygens (including phenoxy) is 1. The predicted molar refractivity (Wildman–Crippen MR) is 74.3 cm³/mol. The van der Waals surface area contributed by atoms with Gasteiger partial charge in [0, 0.05) is 18.1 Å². The van der Waals surface area contributed by atoms with Crippen LogP contribution in [0.25, 0.3) is 10.9 Å². The number of nitrogens with one attached hydrogen (secondary N) is 1. The molecule has 0 radical (unpaired) electrons. The first-order chi connectivity index (χ1) is 9.24. The van der Waals surface area contributed by atoms with E-state index in [9.17, 15) is 4.79 Å². The first-order valence-corrected chi connectivity index (χ1v) is 6.25. The van der Waals surface area contributed by atoms with Gasteiger partial charge in [-0.3, -0.25) is 9.78 Å². The minimum absolute atomic E-state index is 0.315. The molecular weight excluding hydrogens is 242 g/mol. The van der Waals surface area contributed by atoms with E-state index >= 15 is 0 Å². The third-order valence-electron chi connectivity index (χ3n) is 2.77. The summed E-state index contributed by atoms with van der Waals surface area (Å²) in [4.78, 5) is 15.7. The number of fused-ring (bicyclic) bond motifs is 1. The summed E-state index contributed by atoms with van der Waals surface area (Å²) in [5.74, 6) is -0.0206. The summed E-state index contributed by atoms with van der Waals surface area (Å²) in [5, 5.41) is 3.96. The molecule has 1 heterocycles. The molecule has 0 spiro atoms. The fourth-order valence-electron chi connectivity index (χ4n) is 1.85. The molecule has 5 heteroatoms. The van der Waals surface area contributed by atoms with Crippen LogP contribution in [0.15, 0.2) is 30.5 Å². The van der Waals surface area contributed by atoms with Gasteiger partial charge in [-0.25, -0.2) is 0 Å². The van der Waals surface area contributed by atoms with Crippen molar-refractivity contribution >= 4 is 16.8 Å². The Bertz CT molecular complexity index is 584. The van der Waals surface area contributed by atoms with E-state index in [4.69, 9.17) is 10.5 Å². The molecule has 0 bridgehead atoms. The quantitative estimate of drug-likeness (QED) is 0.767. The van der Waals surface area contributed by atoms with Gasteiger partial charge in [0.25, 0.3) is 5.91 Å². The van der Waals surface area contributed by atoms with Gasteiger partial charge in [-0.05, 0) is 18.7 Å². The zero-order chi connectivity index (χ0) is 13.7. The van der Waals surface area contributed by atoms with Crippen molar-refractivity contribution in [2.45, 2.75) is 6.92 Å². The second kappa shape index (κ2) is 6.15. The number of nitrogens with zero attached hydrogens (tertiary/aromatic N) is 1. The van der Waals surface area contributed by atoms with Gasteiger partial charge in [-0.1, -0.05) is 19.1 Å². The van der Waals surface area contributed by atoms with E-state index in [1.807, 2.05) is 31.2 Å². The fraction of sp³-hybridized carbons (Fsp3) is 0.286. The van der Waals surface area contributed by atoms with Crippen LogP contribution < -0.4 is 15.8 Å². The van der Waals surface area contributed by atoms with Crippen LogP contribution in [-0.2, 0) is 0 Å². The van der Waals surface area contributed by atoms with Crippen molar-refractivity contribution in [3.63, 3.8) is 0 Å². The first kappa shape index (κ1) is 13.3. The minimum atomic E-state index is -0.531. The summed E-state index contributed by atoms with van der Waals surface area (Å²) in [7, 11) is 0. The number of nitrogens with two attached hydrogens (primary N) is 1. The molecule has 1 aromatic carbocycles. The van der Waals surface area contributed by atoms with Crippen LogP contribution in [0.3, 0.4) is 0 Å². The molecule has 0 saturated carbocycles. The topological polar surface area (TPSA) is 77.2 Å². The minimum Gasteiger partial charge on any atom is -0.491 e. The van der Waals surface area contributed by atoms with E-state index in [1.54, 1.807) is 0 Å². The zero-order valence-electron chi connectivity index (χ0n) is 10.8. The van der Waals surface area contributed by atoms with Crippen molar-refractivity contribution in [1.29, 1.82) is 0 Å². The maximum atomic E-state index is 11.4. The number of carbonyl (C=O) groups excluding carboxylic acids is 1. The standard InChI is InChI=1S/C14H17N3O2/c1-2-16-7-8-19-13-10-5-3-4-6-12(10)17-9-11(13)14(15)18/h3-6,9,16H,2,7-8H2,1H3,(H2,15,18). The van der Waals surface area contributed by atoms with E-state index in [2.05, 4.69) is 10.3 Å². The Balaban J connectivity index is 2.35. The lowest BCUT2D eigenvalue weighted by molar-refractivity contribution is 0.0996. The van der Waals surface area contributed by atoms with Crippen molar-refractivity contribution < 1.29 is 9.53 Å². The van der Waals surface area contributed by atoms with E-state index < -0.39 is 5.91 Å². The van der Waals surface area contributed by atoms with Gasteiger partial charge < -0.3 is 15.8 Å². The van der Waals surface area contributed by atoms with Gasteiger partial charge in [0.1, 0.15) is 17.9 Å². The third kappa shape index (κ3) is 3.00. The van der Waals surface area contributed by atoms with Gasteiger partial charge >= 0.3 is 0 Å². The van der Waals surface area contributed by atoms with Crippen molar-refractivity contribution in [3.05, 3.63) is 36.0 Å². The van der Waals surface area contributed by atoms with Gasteiger partial charge in [0.05, 0.1) is 5.52 Å². The molecule has 0 aliphatic rings. The summed E-state index contributed by atoms with van der Waals surface area (Å²) in [5.41, 5.74) is 6.46. The van der Waals surface area contributed by atoms with Gasteiger partial charge in [0.2, 0.25) is 0 Å². The largest absolute Gasteiger partial charge is 0.491 e. The summed E-state index contributed by atoms with van der Waals surface area (Å²) in [6.07, 6.45) is 1.47. The molecule has 5 nitrogen and oxygen atoms in total. The number of likely N-dealkylation sites (N-methyl/N-ethyl adjacent to an activating group) is 1. The van der Waals surface area contributed by atoms with E-state index in [0.717, 1.165) is 17.4 Å². The van der Waals surface area contributed by atoms with Crippen LogP contribution in [-0.4, -0.2) is 30.6 Å². The summed E-state index contributed by atoms with van der Waals surface area (Å²) in [6.45, 7) is 4.09. The molecule has 2 aromatic rings. The summed E-state index contributed by atoms with van der Waals surface area (Å²) < 4.78 is 5.71. The molecule has 0 unspecified atom stereocenters. The van der Waals surface area contributed by atoms with Crippen LogP contribution in [0.2, 0.25) is 0 Å². The Hall–Kier alpha value is -2.14. The Morgan fingerprint density at radius 3 is 2.95 bits per heavy atom.